The zero-order chi connectivity index (χ0) is 47.6. The highest BCUT2D eigenvalue weighted by Gasteiger charge is 2.33. The maximum Gasteiger partial charge on any atom is 0.445 e. The summed E-state index contributed by atoms with van der Waals surface area (Å²) in [7, 11) is -9.30. The van der Waals surface area contributed by atoms with Gasteiger partial charge in [0.15, 0.2) is 34.5 Å². The van der Waals surface area contributed by atoms with Crippen LogP contribution in [-0.4, -0.2) is 73.2 Å². The quantitative estimate of drug-likeness (QED) is 0.0270. The number of thiophene rings is 1. The molecule has 23 heteroatoms. The van der Waals surface area contributed by atoms with Crippen LogP contribution < -0.4 is 33.9 Å². The normalized spacial score (nSPS) is 11.3. The number of ether oxygens (including phenoxy) is 2. The monoisotopic (exact) mass is 963 g/mol. The van der Waals surface area contributed by atoms with E-state index in [1.54, 1.807) is 12.1 Å². The molecular weight excluding hydrogens is 928 g/mol. The number of nitrogens with zero attached hydrogens (tertiary/aromatic N) is 2. The first kappa shape index (κ1) is 47.8. The molecule has 1 heterocycles. The molecule has 0 aliphatic heterocycles. The Hall–Kier alpha value is -7.62. The van der Waals surface area contributed by atoms with Crippen LogP contribution in [0.2, 0.25) is 0 Å². The molecule has 5 aromatic carbocycles. The van der Waals surface area contributed by atoms with Gasteiger partial charge in [-0.2, -0.15) is 15.2 Å². The fourth-order valence-electron chi connectivity index (χ4n) is 5.86. The minimum atomic E-state index is -4.74. The van der Waals surface area contributed by atoms with Crippen molar-refractivity contribution in [2.45, 2.75) is 17.1 Å². The van der Waals surface area contributed by atoms with Crippen molar-refractivity contribution in [2.75, 3.05) is 32.6 Å². The first-order valence-corrected chi connectivity index (χ1v) is 23.2. The predicted octanol–water partition coefficient (Wildman–Crippen LogP) is 5.81. The van der Waals surface area contributed by atoms with Crippen molar-refractivity contribution >= 4 is 50.9 Å². The summed E-state index contributed by atoms with van der Waals surface area (Å²) in [5.74, 6) is -5.01. The number of fused-ring (bicyclic) bond motifs is 1. The van der Waals surface area contributed by atoms with Crippen molar-refractivity contribution < 1.29 is 70.3 Å². The Morgan fingerprint density at radius 3 is 1.61 bits per heavy atom. The number of nitrogens with one attached hydrogen (secondary N) is 3. The number of nitriles is 2. The molecule has 0 saturated carbocycles. The first-order chi connectivity index (χ1) is 31.4. The SMILES string of the molecule is N#Cc1ccc(OP(=O)(CNS(=O)(=O)c2cc3cc(OCCNC(=O)Cc4ccc(O)c(O)c4)c(OCCNC(=O)Cc4ccc(O)c(O)c4)cc3s2)Oc2ccc(C#N)c(F)c2)cc1F. The van der Waals surface area contributed by atoms with Crippen molar-refractivity contribution in [3.63, 3.8) is 0 Å². The van der Waals surface area contributed by atoms with Gasteiger partial charge in [-0.3, -0.25) is 9.59 Å². The summed E-state index contributed by atoms with van der Waals surface area (Å²) >= 11 is 0.764. The lowest BCUT2D eigenvalue weighted by molar-refractivity contribution is -0.121. The van der Waals surface area contributed by atoms with Crippen LogP contribution in [0.5, 0.6) is 46.0 Å². The Bertz CT molecular complexity index is 2890. The number of carbonyl (C=O) groups excluding carboxylic acids is 2. The fraction of sp³-hybridized carbons (Fsp3) is 0.163. The third-order valence-corrected chi connectivity index (χ3v) is 13.8. The fourth-order valence-corrected chi connectivity index (χ4v) is 10.3. The van der Waals surface area contributed by atoms with Gasteiger partial charge in [0.2, 0.25) is 11.8 Å². The zero-order valence-electron chi connectivity index (χ0n) is 34.0. The third-order valence-electron chi connectivity index (χ3n) is 9.06. The van der Waals surface area contributed by atoms with E-state index in [4.69, 9.17) is 29.0 Å². The van der Waals surface area contributed by atoms with E-state index in [0.29, 0.717) is 21.2 Å². The smallest absolute Gasteiger partial charge is 0.445 e. The Morgan fingerprint density at radius 1 is 0.667 bits per heavy atom. The molecule has 0 aliphatic carbocycles. The molecule has 0 unspecified atom stereocenters. The van der Waals surface area contributed by atoms with Crippen molar-refractivity contribution in [3.8, 4) is 58.1 Å². The summed E-state index contributed by atoms with van der Waals surface area (Å²) in [5, 5.41) is 62.4. The molecule has 6 aromatic rings. The second-order valence-corrected chi connectivity index (χ2v) is 18.9. The van der Waals surface area contributed by atoms with Gasteiger partial charge in [0.05, 0.1) is 37.1 Å². The van der Waals surface area contributed by atoms with Gasteiger partial charge in [0, 0.05) is 22.9 Å². The number of phenols is 4. The lowest BCUT2D eigenvalue weighted by Crippen LogP contribution is -2.30. The summed E-state index contributed by atoms with van der Waals surface area (Å²) in [5.41, 5.74) is 0.129. The van der Waals surface area contributed by atoms with Crippen molar-refractivity contribution in [1.82, 2.24) is 15.4 Å². The van der Waals surface area contributed by atoms with E-state index in [2.05, 4.69) is 15.4 Å². The highest BCUT2D eigenvalue weighted by molar-refractivity contribution is 7.92. The number of hydrogen-bond donors (Lipinski definition) is 7. The molecule has 0 radical (unpaired) electrons. The molecule has 0 spiro atoms. The summed E-state index contributed by atoms with van der Waals surface area (Å²) in [6.07, 6.45) is -1.32. The van der Waals surface area contributed by atoms with Gasteiger partial charge in [-0.15, -0.1) is 11.3 Å². The minimum Gasteiger partial charge on any atom is -0.504 e. The number of aromatic hydroxyl groups is 4. The van der Waals surface area contributed by atoms with Crippen molar-refractivity contribution in [2.24, 2.45) is 0 Å². The molecule has 0 bridgehead atoms. The standard InChI is InChI=1S/C43H36F2N5O13PS2/c44-32-19-30(5-3-27(32)22-46)62-64(57,63-31-6-4-28(23-47)33(45)20-31)24-50-66(58,59)43-18-29-17-38(60-11-9-48-41(55)15-25-1-7-34(51)36(53)13-25)39(21-40(29)65-43)61-12-10-49-42(56)16-26-2-8-35(52)37(54)14-26/h1-8,13-14,17-21,50-54H,9-12,15-16,24H2,(H,48,55)(H,49,56). The number of rotatable bonds is 20. The molecule has 66 heavy (non-hydrogen) atoms. The summed E-state index contributed by atoms with van der Waals surface area (Å²) in [6, 6.07) is 21.0. The zero-order valence-corrected chi connectivity index (χ0v) is 36.5. The second kappa shape index (κ2) is 20.9. The lowest BCUT2D eigenvalue weighted by atomic mass is 10.1. The van der Waals surface area contributed by atoms with Crippen LogP contribution in [0.1, 0.15) is 22.3 Å². The van der Waals surface area contributed by atoms with E-state index in [1.807, 2.05) is 0 Å². The van der Waals surface area contributed by atoms with E-state index < -0.39 is 58.9 Å². The van der Waals surface area contributed by atoms with Gasteiger partial charge < -0.3 is 49.6 Å². The second-order valence-electron chi connectivity index (χ2n) is 13.9. The number of phenolic OH excluding ortho intramolecular Hbond substituents is 4. The van der Waals surface area contributed by atoms with E-state index in [0.717, 1.165) is 47.7 Å². The van der Waals surface area contributed by atoms with Gasteiger partial charge in [0.1, 0.15) is 59.0 Å². The first-order valence-electron chi connectivity index (χ1n) is 19.2. The van der Waals surface area contributed by atoms with Gasteiger partial charge in [-0.1, -0.05) is 12.1 Å². The molecule has 0 atom stereocenters. The molecule has 0 saturated heterocycles. The third kappa shape index (κ3) is 12.5. The summed E-state index contributed by atoms with van der Waals surface area (Å²) in [6.45, 7) is -0.232. The van der Waals surface area contributed by atoms with E-state index in [1.165, 1.54) is 54.6 Å². The van der Waals surface area contributed by atoms with Crippen LogP contribution >= 0.6 is 18.9 Å². The molecular formula is C43H36F2N5O13PS2. The van der Waals surface area contributed by atoms with E-state index in [9.17, 15) is 51.8 Å². The highest BCUT2D eigenvalue weighted by atomic mass is 32.2. The Morgan fingerprint density at radius 2 is 1.15 bits per heavy atom. The largest absolute Gasteiger partial charge is 0.504 e. The van der Waals surface area contributed by atoms with Gasteiger partial charge in [0.25, 0.3) is 10.0 Å². The summed E-state index contributed by atoms with van der Waals surface area (Å²) in [4.78, 5) is 25.1. The number of amides is 2. The van der Waals surface area contributed by atoms with Gasteiger partial charge in [-0.05, 0) is 77.2 Å². The highest BCUT2D eigenvalue weighted by Crippen LogP contribution is 2.48. The number of benzene rings is 5. The van der Waals surface area contributed by atoms with Crippen molar-refractivity contribution in [1.29, 1.82) is 10.5 Å². The number of hydrogen-bond acceptors (Lipinski definition) is 16. The molecule has 1 aromatic heterocycles. The van der Waals surface area contributed by atoms with Gasteiger partial charge in [-0.25, -0.2) is 21.8 Å². The average molecular weight is 964 g/mol. The topological polar surface area (TPSA) is 287 Å². The Labute approximate surface area is 378 Å². The lowest BCUT2D eigenvalue weighted by Gasteiger charge is -2.20. The average Bonchev–Trinajstić information content (AvgIpc) is 3.70. The van der Waals surface area contributed by atoms with Crippen molar-refractivity contribution in [3.05, 3.63) is 125 Å². The maximum atomic E-state index is 14.5. The van der Waals surface area contributed by atoms with Crippen LogP contribution in [0.3, 0.4) is 0 Å². The predicted molar refractivity (Wildman–Crippen MR) is 232 cm³/mol. The summed E-state index contributed by atoms with van der Waals surface area (Å²) < 4.78 is 95.6. The molecule has 18 nitrogen and oxygen atoms in total. The van der Waals surface area contributed by atoms with E-state index in [-0.39, 0.29) is 89.0 Å². The molecule has 7 N–H and O–H groups in total. The van der Waals surface area contributed by atoms with Crippen LogP contribution in [0.25, 0.3) is 10.1 Å². The molecule has 2 amide bonds. The number of halogens is 2. The van der Waals surface area contributed by atoms with Crippen LogP contribution in [0.15, 0.2) is 95.2 Å². The van der Waals surface area contributed by atoms with E-state index >= 15 is 0 Å². The van der Waals surface area contributed by atoms with Crippen LogP contribution in [0, 0.1) is 34.3 Å². The van der Waals surface area contributed by atoms with Crippen LogP contribution in [-0.2, 0) is 37.0 Å². The molecule has 342 valence electrons. The maximum absolute atomic E-state index is 14.5. The number of sulfonamides is 1. The minimum absolute atomic E-state index is 0.00828. The molecule has 6 rings (SSSR count). The Balaban J connectivity index is 1.19. The van der Waals surface area contributed by atoms with Crippen LogP contribution in [0.4, 0.5) is 8.78 Å². The molecule has 0 fully saturated rings. The molecule has 0 aliphatic rings. The van der Waals surface area contributed by atoms with Gasteiger partial charge >= 0.3 is 7.60 Å². The Kier molecular flexibility index (Phi) is 15.2. The number of carbonyl (C=O) groups is 2.